The smallest absolute Gasteiger partial charge is 0.257 e. The molecule has 0 saturated carbocycles. The van der Waals surface area contributed by atoms with Crippen LogP contribution in [-0.2, 0) is 16.1 Å². The van der Waals surface area contributed by atoms with Gasteiger partial charge in [0.05, 0.1) is 43.5 Å². The van der Waals surface area contributed by atoms with E-state index in [2.05, 4.69) is 5.10 Å². The summed E-state index contributed by atoms with van der Waals surface area (Å²) in [5.41, 5.74) is 1.69. The van der Waals surface area contributed by atoms with Crippen LogP contribution in [0.1, 0.15) is 22.3 Å². The predicted molar refractivity (Wildman–Crippen MR) is 94.6 cm³/mol. The molecule has 7 heteroatoms. The number of likely N-dealkylation sites (N-methyl/N-ethyl adjacent to an activating group) is 1. The van der Waals surface area contributed by atoms with Crippen molar-refractivity contribution in [1.29, 1.82) is 0 Å². The zero-order valence-electron chi connectivity index (χ0n) is 14.7. The molecule has 136 valence electrons. The summed E-state index contributed by atoms with van der Waals surface area (Å²) < 4.78 is 7.56. The fraction of sp³-hybridized carbons (Fsp3) is 0.421. The number of hydrogen-bond donors (Lipinski definition) is 0. The van der Waals surface area contributed by atoms with Gasteiger partial charge in [0.15, 0.2) is 0 Å². The molecule has 0 spiro atoms. The Hall–Kier alpha value is -2.67. The van der Waals surface area contributed by atoms with Gasteiger partial charge >= 0.3 is 0 Å². The van der Waals surface area contributed by atoms with Crippen LogP contribution in [0.4, 0.5) is 0 Å². The summed E-state index contributed by atoms with van der Waals surface area (Å²) in [6, 6.07) is 9.92. The Morgan fingerprint density at radius 3 is 2.88 bits per heavy atom. The van der Waals surface area contributed by atoms with Gasteiger partial charge in [0.2, 0.25) is 5.91 Å². The molecule has 2 fully saturated rings. The van der Waals surface area contributed by atoms with E-state index in [1.165, 1.54) is 0 Å². The van der Waals surface area contributed by atoms with Crippen molar-refractivity contribution in [3.63, 3.8) is 0 Å². The zero-order chi connectivity index (χ0) is 18.1. The van der Waals surface area contributed by atoms with Crippen LogP contribution in [0.3, 0.4) is 0 Å². The quantitative estimate of drug-likeness (QED) is 0.825. The first-order chi connectivity index (χ1) is 12.6. The number of ether oxygens (including phenoxy) is 1. The molecule has 2 aliphatic rings. The van der Waals surface area contributed by atoms with Crippen LogP contribution in [0.5, 0.6) is 0 Å². The van der Waals surface area contributed by atoms with E-state index < -0.39 is 0 Å². The molecule has 0 aliphatic carbocycles. The van der Waals surface area contributed by atoms with E-state index in [9.17, 15) is 9.59 Å². The minimum atomic E-state index is -0.116. The fourth-order valence-electron chi connectivity index (χ4n) is 3.63. The molecule has 1 aromatic heterocycles. The van der Waals surface area contributed by atoms with Crippen molar-refractivity contribution >= 4 is 11.8 Å². The lowest BCUT2D eigenvalue weighted by Gasteiger charge is -2.24. The van der Waals surface area contributed by atoms with E-state index in [0.29, 0.717) is 38.2 Å². The largest absolute Gasteiger partial charge is 0.374 e. The highest BCUT2D eigenvalue weighted by Crippen LogP contribution is 2.23. The molecule has 0 N–H and O–H groups in total. The molecule has 4 rings (SSSR count). The number of rotatable bonds is 3. The molecule has 7 nitrogen and oxygen atoms in total. The van der Waals surface area contributed by atoms with Crippen molar-refractivity contribution in [2.75, 3.05) is 26.7 Å². The third kappa shape index (κ3) is 3.22. The van der Waals surface area contributed by atoms with E-state index in [1.807, 2.05) is 30.3 Å². The normalized spacial score (nSPS) is 23.0. The Balaban J connectivity index is 1.45. The number of hydrogen-bond acceptors (Lipinski definition) is 4. The summed E-state index contributed by atoms with van der Waals surface area (Å²) >= 11 is 0. The van der Waals surface area contributed by atoms with Gasteiger partial charge in [0.1, 0.15) is 0 Å². The Bertz CT molecular complexity index is 804. The molecule has 3 heterocycles. The summed E-state index contributed by atoms with van der Waals surface area (Å²) in [4.78, 5) is 28.3. The van der Waals surface area contributed by atoms with Crippen molar-refractivity contribution in [3.05, 3.63) is 53.9 Å². The highest BCUT2D eigenvalue weighted by atomic mass is 16.5. The summed E-state index contributed by atoms with van der Waals surface area (Å²) in [6.45, 7) is 2.04. The van der Waals surface area contributed by atoms with Crippen molar-refractivity contribution in [2.45, 2.75) is 25.1 Å². The molecule has 2 atom stereocenters. The summed E-state index contributed by atoms with van der Waals surface area (Å²) in [7, 11) is 1.79. The minimum Gasteiger partial charge on any atom is -0.374 e. The van der Waals surface area contributed by atoms with E-state index in [1.54, 1.807) is 33.9 Å². The van der Waals surface area contributed by atoms with Gasteiger partial charge in [-0.15, -0.1) is 0 Å². The Morgan fingerprint density at radius 2 is 2.08 bits per heavy atom. The van der Waals surface area contributed by atoms with Crippen molar-refractivity contribution in [2.24, 2.45) is 0 Å². The number of carbonyl (C=O) groups excluding carboxylic acids is 2. The molecule has 0 unspecified atom stereocenters. The summed E-state index contributed by atoms with van der Waals surface area (Å²) in [6.07, 6.45) is 3.67. The van der Waals surface area contributed by atoms with Gasteiger partial charge in [-0.3, -0.25) is 14.3 Å². The second kappa shape index (κ2) is 6.92. The lowest BCUT2D eigenvalue weighted by Crippen LogP contribution is -2.43. The summed E-state index contributed by atoms with van der Waals surface area (Å²) in [5, 5.41) is 4.31. The molecule has 2 amide bonds. The number of carbonyl (C=O) groups is 2. The maximum absolute atomic E-state index is 12.8. The van der Waals surface area contributed by atoms with Crippen LogP contribution in [0.15, 0.2) is 42.7 Å². The molecular formula is C19H22N4O3. The van der Waals surface area contributed by atoms with Crippen molar-refractivity contribution in [1.82, 2.24) is 19.6 Å². The zero-order valence-corrected chi connectivity index (χ0v) is 14.7. The van der Waals surface area contributed by atoms with E-state index in [-0.39, 0.29) is 24.0 Å². The molecule has 1 aromatic carbocycles. The second-order valence-corrected chi connectivity index (χ2v) is 6.85. The molecule has 26 heavy (non-hydrogen) atoms. The minimum absolute atomic E-state index is 0.0677. The van der Waals surface area contributed by atoms with Gasteiger partial charge in [-0.1, -0.05) is 30.3 Å². The fourth-order valence-corrected chi connectivity index (χ4v) is 3.63. The van der Waals surface area contributed by atoms with E-state index in [0.717, 1.165) is 5.56 Å². The van der Waals surface area contributed by atoms with Gasteiger partial charge in [0.25, 0.3) is 5.91 Å². The van der Waals surface area contributed by atoms with E-state index >= 15 is 0 Å². The molecule has 0 radical (unpaired) electrons. The number of fused-ring (bicyclic) bond motifs is 1. The highest BCUT2D eigenvalue weighted by molar-refractivity contribution is 5.94. The third-order valence-corrected chi connectivity index (χ3v) is 5.13. The second-order valence-electron chi connectivity index (χ2n) is 6.85. The number of amides is 2. The molecule has 0 bridgehead atoms. The maximum atomic E-state index is 12.8. The van der Waals surface area contributed by atoms with Gasteiger partial charge < -0.3 is 14.5 Å². The standard InChI is InChI=1S/C19H22N4O3/c1-21-16-12-22(13-17(16)26-8-7-18(21)24)19(25)15-9-20-23(11-15)10-14-5-3-2-4-6-14/h2-6,9,11,16-17H,7-8,10,12-13H2,1H3/t16-,17-/m0/s1. The lowest BCUT2D eigenvalue weighted by atomic mass is 10.2. The average molecular weight is 354 g/mol. The number of aromatic nitrogens is 2. The maximum Gasteiger partial charge on any atom is 0.257 e. The van der Waals surface area contributed by atoms with Crippen LogP contribution < -0.4 is 0 Å². The van der Waals surface area contributed by atoms with Crippen LogP contribution >= 0.6 is 0 Å². The van der Waals surface area contributed by atoms with Crippen LogP contribution in [0.25, 0.3) is 0 Å². The van der Waals surface area contributed by atoms with E-state index in [4.69, 9.17) is 4.74 Å². The molecule has 2 aromatic rings. The van der Waals surface area contributed by atoms with Crippen molar-refractivity contribution < 1.29 is 14.3 Å². The van der Waals surface area contributed by atoms with Gasteiger partial charge in [-0.05, 0) is 5.56 Å². The molecular weight excluding hydrogens is 332 g/mol. The van der Waals surface area contributed by atoms with Gasteiger partial charge in [0, 0.05) is 26.3 Å². The Morgan fingerprint density at radius 1 is 1.27 bits per heavy atom. The number of likely N-dealkylation sites (tertiary alicyclic amines) is 1. The van der Waals surface area contributed by atoms with Crippen LogP contribution in [0.2, 0.25) is 0 Å². The first-order valence-electron chi connectivity index (χ1n) is 8.85. The van der Waals surface area contributed by atoms with Crippen LogP contribution in [-0.4, -0.2) is 70.3 Å². The first kappa shape index (κ1) is 16.8. The summed E-state index contributed by atoms with van der Waals surface area (Å²) in [5.74, 6) is 0.00399. The monoisotopic (exact) mass is 354 g/mol. The topological polar surface area (TPSA) is 67.7 Å². The number of benzene rings is 1. The lowest BCUT2D eigenvalue weighted by molar-refractivity contribution is -0.131. The third-order valence-electron chi connectivity index (χ3n) is 5.13. The average Bonchev–Trinajstić information content (AvgIpc) is 3.26. The Kier molecular flexibility index (Phi) is 4.46. The Labute approximate surface area is 152 Å². The van der Waals surface area contributed by atoms with Crippen LogP contribution in [0, 0.1) is 0 Å². The molecule has 2 saturated heterocycles. The first-order valence-corrected chi connectivity index (χ1v) is 8.85. The highest BCUT2D eigenvalue weighted by Gasteiger charge is 2.41. The number of nitrogens with zero attached hydrogens (tertiary/aromatic N) is 4. The van der Waals surface area contributed by atoms with Gasteiger partial charge in [-0.25, -0.2) is 0 Å². The van der Waals surface area contributed by atoms with Gasteiger partial charge in [-0.2, -0.15) is 5.10 Å². The van der Waals surface area contributed by atoms with Crippen molar-refractivity contribution in [3.8, 4) is 0 Å². The predicted octanol–water partition coefficient (Wildman–Crippen LogP) is 1.00. The SMILES string of the molecule is CN1C(=O)CCO[C@H]2CN(C(=O)c3cnn(Cc4ccccc4)c3)C[C@@H]21. The molecule has 2 aliphatic heterocycles.